The van der Waals surface area contributed by atoms with Crippen LogP contribution in [0.1, 0.15) is 84.5 Å². The number of nitrogens with one attached hydrogen (secondary N) is 1. The van der Waals surface area contributed by atoms with E-state index in [9.17, 15) is 4.79 Å². The molecule has 0 unspecified atom stereocenters. The lowest BCUT2D eigenvalue weighted by atomic mass is 9.94. The van der Waals surface area contributed by atoms with Gasteiger partial charge in [0.15, 0.2) is 22.9 Å². The van der Waals surface area contributed by atoms with Crippen LogP contribution in [0.2, 0.25) is 0 Å². The number of hydrogen-bond donors (Lipinski definition) is 3. The Kier molecular flexibility index (Phi) is 10.1. The molecule has 0 aromatic carbocycles. The Morgan fingerprint density at radius 1 is 0.854 bits per heavy atom. The summed E-state index contributed by atoms with van der Waals surface area (Å²) < 4.78 is 9.28. The lowest BCUT2D eigenvalue weighted by Crippen LogP contribution is -2.41. The fraction of sp³-hybridized carbons (Fsp3) is 0.552. The number of carbonyl (C=O) groups is 1. The van der Waals surface area contributed by atoms with Crippen LogP contribution in [-0.2, 0) is 4.74 Å². The van der Waals surface area contributed by atoms with Gasteiger partial charge in [0, 0.05) is 62.1 Å². The van der Waals surface area contributed by atoms with E-state index in [0.717, 1.165) is 55.8 Å². The highest BCUT2D eigenvalue weighted by Crippen LogP contribution is 2.29. The summed E-state index contributed by atoms with van der Waals surface area (Å²) >= 11 is 0. The van der Waals surface area contributed by atoms with Crippen LogP contribution in [0.5, 0.6) is 0 Å². The first-order valence-electron chi connectivity index (χ1n) is 13.5. The van der Waals surface area contributed by atoms with Gasteiger partial charge in [0.1, 0.15) is 5.60 Å². The standard InChI is InChI=1S/C16H23N5O2.C11H15N5.2CH4/c1-16(2,3)23-15(22)20-7-4-11(5-8-20)12-10-21-9-6-18-13(17)14(21)19-12;12-10-11-15-9(7-16(11)6-5-14-10)8-1-3-13-4-2-8;;/h6,9-11H,4-5,7-8H2,1-3H3,(H2,17,18);5-8,13H,1-4H2,(H2,12,14);2*1H4. The Bertz CT molecular complexity index is 1430. The van der Waals surface area contributed by atoms with Crippen LogP contribution in [-0.4, -0.2) is 71.5 Å². The summed E-state index contributed by atoms with van der Waals surface area (Å²) in [5.41, 5.74) is 14.8. The molecule has 0 radical (unpaired) electrons. The lowest BCUT2D eigenvalue weighted by molar-refractivity contribution is 0.0204. The molecule has 6 rings (SSSR count). The van der Waals surface area contributed by atoms with E-state index in [2.05, 4.69) is 31.4 Å². The van der Waals surface area contributed by atoms with Crippen LogP contribution in [0.15, 0.2) is 37.2 Å². The van der Waals surface area contributed by atoms with Crippen LogP contribution in [0.3, 0.4) is 0 Å². The van der Waals surface area contributed by atoms with Crippen molar-refractivity contribution in [3.63, 3.8) is 0 Å². The van der Waals surface area contributed by atoms with E-state index in [1.165, 1.54) is 0 Å². The molecule has 224 valence electrons. The highest BCUT2D eigenvalue weighted by molar-refractivity contribution is 5.68. The van der Waals surface area contributed by atoms with E-state index in [1.54, 1.807) is 17.3 Å². The zero-order valence-corrected chi connectivity index (χ0v) is 22.9. The first-order valence-corrected chi connectivity index (χ1v) is 13.5. The molecule has 0 atom stereocenters. The predicted molar refractivity (Wildman–Crippen MR) is 163 cm³/mol. The van der Waals surface area contributed by atoms with Gasteiger partial charge in [0.2, 0.25) is 0 Å². The Labute approximate surface area is 242 Å². The number of likely N-dealkylation sites (tertiary alicyclic amines) is 1. The number of hydrogen-bond acceptors (Lipinski definition) is 9. The van der Waals surface area contributed by atoms with E-state index in [4.69, 9.17) is 16.2 Å². The van der Waals surface area contributed by atoms with Gasteiger partial charge in [-0.3, -0.25) is 0 Å². The minimum Gasteiger partial charge on any atom is -0.444 e. The van der Waals surface area contributed by atoms with Crippen LogP contribution < -0.4 is 16.8 Å². The van der Waals surface area contributed by atoms with Crippen molar-refractivity contribution in [3.05, 3.63) is 48.6 Å². The fourth-order valence-corrected chi connectivity index (χ4v) is 5.11. The van der Waals surface area contributed by atoms with Gasteiger partial charge in [-0.2, -0.15) is 0 Å². The number of piperidine rings is 2. The average molecular weight is 567 g/mol. The Morgan fingerprint density at radius 3 is 1.76 bits per heavy atom. The number of anilines is 2. The summed E-state index contributed by atoms with van der Waals surface area (Å²) in [4.78, 5) is 31.2. The molecule has 0 saturated carbocycles. The molecule has 2 saturated heterocycles. The number of nitrogens with two attached hydrogens (primary N) is 2. The molecule has 2 aliphatic heterocycles. The maximum absolute atomic E-state index is 12.1. The fourth-order valence-electron chi connectivity index (χ4n) is 5.11. The minimum absolute atomic E-state index is 0. The Morgan fingerprint density at radius 2 is 1.32 bits per heavy atom. The molecular weight excluding hydrogens is 520 g/mol. The normalized spacial score (nSPS) is 16.4. The van der Waals surface area contributed by atoms with Crippen molar-refractivity contribution in [2.24, 2.45) is 0 Å². The molecule has 41 heavy (non-hydrogen) atoms. The SMILES string of the molecule is C.C.CC(C)(C)OC(=O)N1CCC(c2cn3ccnc(N)c3n2)CC1.Nc1nccn2cc(C3CCNCC3)nc12. The third-order valence-electron chi connectivity index (χ3n) is 7.16. The molecule has 5 N–H and O–H groups in total. The molecule has 12 heteroatoms. The summed E-state index contributed by atoms with van der Waals surface area (Å²) in [7, 11) is 0. The molecule has 1 amide bonds. The van der Waals surface area contributed by atoms with E-state index in [-0.39, 0.29) is 20.9 Å². The quantitative estimate of drug-likeness (QED) is 0.319. The van der Waals surface area contributed by atoms with E-state index < -0.39 is 5.60 Å². The second-order valence-electron chi connectivity index (χ2n) is 11.2. The molecule has 2 fully saturated rings. The molecule has 2 aliphatic rings. The molecule has 6 heterocycles. The first-order chi connectivity index (χ1) is 18.7. The highest BCUT2D eigenvalue weighted by Gasteiger charge is 2.28. The summed E-state index contributed by atoms with van der Waals surface area (Å²) in [6.07, 6.45) is 15.0. The number of amides is 1. The third-order valence-corrected chi connectivity index (χ3v) is 7.16. The van der Waals surface area contributed by atoms with Crippen molar-refractivity contribution in [1.29, 1.82) is 0 Å². The third kappa shape index (κ3) is 7.43. The minimum atomic E-state index is -0.458. The van der Waals surface area contributed by atoms with E-state index in [0.29, 0.717) is 42.2 Å². The zero-order chi connectivity index (χ0) is 27.6. The van der Waals surface area contributed by atoms with Gasteiger partial charge in [-0.15, -0.1) is 0 Å². The number of nitrogens with zero attached hydrogens (tertiary/aromatic N) is 7. The molecule has 4 aromatic rings. The Hall–Kier alpha value is -3.93. The maximum Gasteiger partial charge on any atom is 0.410 e. The van der Waals surface area contributed by atoms with Gasteiger partial charge in [0.25, 0.3) is 0 Å². The number of fused-ring (bicyclic) bond motifs is 2. The predicted octanol–water partition coefficient (Wildman–Crippen LogP) is 4.48. The molecular formula is C29H46N10O2. The van der Waals surface area contributed by atoms with Crippen molar-refractivity contribution >= 4 is 29.0 Å². The number of carbonyl (C=O) groups excluding carboxylic acids is 1. The van der Waals surface area contributed by atoms with Crippen LogP contribution in [0.4, 0.5) is 16.4 Å². The first kappa shape index (κ1) is 31.6. The van der Waals surface area contributed by atoms with Crippen LogP contribution in [0, 0.1) is 0 Å². The van der Waals surface area contributed by atoms with Crippen molar-refractivity contribution in [1.82, 2.24) is 39.0 Å². The topological polar surface area (TPSA) is 154 Å². The number of nitrogen functional groups attached to an aromatic ring is 2. The zero-order valence-electron chi connectivity index (χ0n) is 22.9. The van der Waals surface area contributed by atoms with E-state index >= 15 is 0 Å². The van der Waals surface area contributed by atoms with Gasteiger partial charge in [-0.1, -0.05) is 14.9 Å². The molecule has 0 aliphatic carbocycles. The average Bonchev–Trinajstić information content (AvgIpc) is 3.55. The number of imidazole rings is 2. The van der Waals surface area contributed by atoms with E-state index in [1.807, 2.05) is 48.2 Å². The number of ether oxygens (including phenoxy) is 1. The summed E-state index contributed by atoms with van der Waals surface area (Å²) in [5.74, 6) is 1.82. The number of rotatable bonds is 2. The van der Waals surface area contributed by atoms with Crippen molar-refractivity contribution in [2.45, 2.75) is 78.7 Å². The summed E-state index contributed by atoms with van der Waals surface area (Å²) in [6, 6.07) is 0. The van der Waals surface area contributed by atoms with Gasteiger partial charge in [0.05, 0.1) is 11.4 Å². The smallest absolute Gasteiger partial charge is 0.410 e. The molecule has 12 nitrogen and oxygen atoms in total. The van der Waals surface area contributed by atoms with Crippen LogP contribution in [0.25, 0.3) is 11.3 Å². The molecule has 0 spiro atoms. The van der Waals surface area contributed by atoms with Gasteiger partial charge in [-0.05, 0) is 59.5 Å². The molecule has 4 aromatic heterocycles. The summed E-state index contributed by atoms with van der Waals surface area (Å²) in [6.45, 7) is 9.16. The highest BCUT2D eigenvalue weighted by atomic mass is 16.6. The van der Waals surface area contributed by atoms with Gasteiger partial charge < -0.3 is 35.2 Å². The van der Waals surface area contributed by atoms with Crippen molar-refractivity contribution < 1.29 is 9.53 Å². The monoisotopic (exact) mass is 566 g/mol. The second-order valence-corrected chi connectivity index (χ2v) is 11.2. The largest absolute Gasteiger partial charge is 0.444 e. The second kappa shape index (κ2) is 13.2. The van der Waals surface area contributed by atoms with Crippen molar-refractivity contribution in [2.75, 3.05) is 37.6 Å². The maximum atomic E-state index is 12.1. The summed E-state index contributed by atoms with van der Waals surface area (Å²) in [5, 5.41) is 3.36. The molecule has 0 bridgehead atoms. The van der Waals surface area contributed by atoms with Gasteiger partial charge in [-0.25, -0.2) is 24.7 Å². The van der Waals surface area contributed by atoms with Crippen LogP contribution >= 0.6 is 0 Å². The lowest BCUT2D eigenvalue weighted by Gasteiger charge is -2.32. The van der Waals surface area contributed by atoms with Gasteiger partial charge >= 0.3 is 6.09 Å². The van der Waals surface area contributed by atoms with Crippen molar-refractivity contribution in [3.8, 4) is 0 Å². The Balaban J connectivity index is 0.000000227. The number of aromatic nitrogens is 6.